The molecule has 0 unspecified atom stereocenters. The van der Waals surface area contributed by atoms with Crippen molar-refractivity contribution in [3.63, 3.8) is 0 Å². The monoisotopic (exact) mass is 302 g/mol. The molecule has 21 heavy (non-hydrogen) atoms. The summed E-state index contributed by atoms with van der Waals surface area (Å²) in [5.74, 6) is 0.672. The van der Waals surface area contributed by atoms with Crippen molar-refractivity contribution in [2.75, 3.05) is 31.1 Å². The summed E-state index contributed by atoms with van der Waals surface area (Å²) in [5, 5.41) is 0.497. The number of amides is 1. The number of anilines is 1. The van der Waals surface area contributed by atoms with Crippen molar-refractivity contribution in [2.24, 2.45) is 0 Å². The van der Waals surface area contributed by atoms with Gasteiger partial charge in [-0.3, -0.25) is 4.79 Å². The zero-order valence-corrected chi connectivity index (χ0v) is 13.1. The molecule has 1 aromatic carbocycles. The van der Waals surface area contributed by atoms with Crippen LogP contribution in [0.25, 0.3) is 0 Å². The second kappa shape index (κ2) is 5.81. The Hall–Kier alpha value is -1.95. The summed E-state index contributed by atoms with van der Waals surface area (Å²) in [5.41, 5.74) is 2.49. The fourth-order valence-corrected chi connectivity index (χ4v) is 3.15. The van der Waals surface area contributed by atoms with Gasteiger partial charge in [-0.2, -0.15) is 4.37 Å². The lowest BCUT2D eigenvalue weighted by Crippen LogP contribution is -2.48. The van der Waals surface area contributed by atoms with Crippen LogP contribution < -0.4 is 4.90 Å². The zero-order valence-electron chi connectivity index (χ0n) is 12.2. The van der Waals surface area contributed by atoms with E-state index in [1.165, 1.54) is 22.8 Å². The molecule has 1 amide bonds. The van der Waals surface area contributed by atoms with Crippen molar-refractivity contribution in [3.05, 3.63) is 40.7 Å². The molecular formula is C15H18N4OS. The van der Waals surface area contributed by atoms with Crippen LogP contribution in [0.2, 0.25) is 0 Å². The van der Waals surface area contributed by atoms with E-state index in [9.17, 15) is 4.79 Å². The van der Waals surface area contributed by atoms with Gasteiger partial charge >= 0.3 is 0 Å². The predicted octanol–water partition coefficient (Wildman–Crippen LogP) is 2.12. The molecule has 0 bridgehead atoms. The highest BCUT2D eigenvalue weighted by molar-refractivity contribution is 7.07. The van der Waals surface area contributed by atoms with Crippen molar-refractivity contribution < 1.29 is 4.79 Å². The summed E-state index contributed by atoms with van der Waals surface area (Å²) < 4.78 is 4.08. The molecule has 1 aliphatic rings. The molecule has 0 radical (unpaired) electrons. The number of aryl methyl sites for hydroxylation is 2. The van der Waals surface area contributed by atoms with Gasteiger partial charge in [0.25, 0.3) is 5.91 Å². The smallest absolute Gasteiger partial charge is 0.284 e. The maximum Gasteiger partial charge on any atom is 0.284 e. The molecule has 0 aliphatic carbocycles. The van der Waals surface area contributed by atoms with Crippen molar-refractivity contribution in [1.82, 2.24) is 14.3 Å². The third-order valence-corrected chi connectivity index (χ3v) is 4.44. The van der Waals surface area contributed by atoms with E-state index in [2.05, 4.69) is 45.4 Å². The van der Waals surface area contributed by atoms with Gasteiger partial charge in [0.2, 0.25) is 5.01 Å². The van der Waals surface area contributed by atoms with Crippen LogP contribution in [0.4, 0.5) is 5.69 Å². The quantitative estimate of drug-likeness (QED) is 0.852. The second-order valence-electron chi connectivity index (χ2n) is 5.26. The highest BCUT2D eigenvalue weighted by Crippen LogP contribution is 2.19. The molecule has 1 aliphatic heterocycles. The average molecular weight is 302 g/mol. The van der Waals surface area contributed by atoms with Crippen LogP contribution in [0.3, 0.4) is 0 Å². The van der Waals surface area contributed by atoms with E-state index in [1.54, 1.807) is 0 Å². The number of benzene rings is 1. The largest absolute Gasteiger partial charge is 0.368 e. The van der Waals surface area contributed by atoms with Gasteiger partial charge in [0, 0.05) is 31.9 Å². The number of aromatic nitrogens is 2. The Morgan fingerprint density at radius 2 is 1.95 bits per heavy atom. The number of carbonyl (C=O) groups excluding carboxylic acids is 1. The van der Waals surface area contributed by atoms with E-state index in [0.29, 0.717) is 10.8 Å². The number of piperazine rings is 1. The molecule has 6 heteroatoms. The molecule has 2 heterocycles. The molecule has 5 nitrogen and oxygen atoms in total. The summed E-state index contributed by atoms with van der Waals surface area (Å²) >= 11 is 1.18. The van der Waals surface area contributed by atoms with E-state index < -0.39 is 0 Å². The first-order chi connectivity index (χ1) is 10.1. The van der Waals surface area contributed by atoms with Gasteiger partial charge in [0.1, 0.15) is 5.82 Å². The second-order valence-corrected chi connectivity index (χ2v) is 6.02. The maximum atomic E-state index is 12.3. The third kappa shape index (κ3) is 3.05. The Labute approximate surface area is 128 Å². The topological polar surface area (TPSA) is 49.3 Å². The van der Waals surface area contributed by atoms with Crippen molar-refractivity contribution in [3.8, 4) is 0 Å². The Morgan fingerprint density at radius 3 is 2.57 bits per heavy atom. The van der Waals surface area contributed by atoms with Gasteiger partial charge in [-0.25, -0.2) is 4.98 Å². The number of rotatable bonds is 2. The normalized spacial score (nSPS) is 15.3. The number of hydrogen-bond donors (Lipinski definition) is 0. The van der Waals surface area contributed by atoms with E-state index in [-0.39, 0.29) is 5.91 Å². The Balaban J connectivity index is 1.64. The lowest BCUT2D eigenvalue weighted by molar-refractivity contribution is 0.0746. The Morgan fingerprint density at radius 1 is 1.19 bits per heavy atom. The summed E-state index contributed by atoms with van der Waals surface area (Å²) in [7, 11) is 0. The highest BCUT2D eigenvalue weighted by atomic mass is 32.1. The first-order valence-electron chi connectivity index (χ1n) is 7.05. The molecule has 3 rings (SSSR count). The van der Waals surface area contributed by atoms with E-state index >= 15 is 0 Å². The third-order valence-electron chi connectivity index (χ3n) is 3.64. The maximum absolute atomic E-state index is 12.3. The minimum absolute atomic E-state index is 0.00416. The minimum atomic E-state index is 0.00416. The van der Waals surface area contributed by atoms with Gasteiger partial charge in [-0.05, 0) is 43.1 Å². The van der Waals surface area contributed by atoms with Crippen LogP contribution in [0.5, 0.6) is 0 Å². The SMILES string of the molecule is Cc1cccc(N2CCN(C(=O)c3nc(C)ns3)CC2)c1. The lowest BCUT2D eigenvalue weighted by Gasteiger charge is -2.35. The first kappa shape index (κ1) is 14.0. The van der Waals surface area contributed by atoms with Gasteiger partial charge in [-0.15, -0.1) is 0 Å². The molecule has 0 spiro atoms. The van der Waals surface area contributed by atoms with E-state index in [0.717, 1.165) is 26.2 Å². The fourth-order valence-electron chi connectivity index (χ4n) is 2.51. The first-order valence-corrected chi connectivity index (χ1v) is 7.82. The van der Waals surface area contributed by atoms with Crippen molar-refractivity contribution >= 4 is 23.1 Å². The van der Waals surface area contributed by atoms with E-state index in [1.807, 2.05) is 11.8 Å². The molecule has 110 valence electrons. The van der Waals surface area contributed by atoms with Gasteiger partial charge in [0.05, 0.1) is 0 Å². The van der Waals surface area contributed by atoms with Crippen molar-refractivity contribution in [2.45, 2.75) is 13.8 Å². The van der Waals surface area contributed by atoms with Crippen molar-refractivity contribution in [1.29, 1.82) is 0 Å². The highest BCUT2D eigenvalue weighted by Gasteiger charge is 2.24. The molecule has 1 aromatic heterocycles. The molecular weight excluding hydrogens is 284 g/mol. The molecule has 2 aromatic rings. The fraction of sp³-hybridized carbons (Fsp3) is 0.400. The molecule has 1 fully saturated rings. The number of carbonyl (C=O) groups is 1. The predicted molar refractivity (Wildman–Crippen MR) is 83.9 cm³/mol. The average Bonchev–Trinajstić information content (AvgIpc) is 2.93. The van der Waals surface area contributed by atoms with Gasteiger partial charge in [-0.1, -0.05) is 12.1 Å². The van der Waals surface area contributed by atoms with Crippen LogP contribution in [0.1, 0.15) is 21.2 Å². The number of hydrogen-bond acceptors (Lipinski definition) is 5. The van der Waals surface area contributed by atoms with Gasteiger partial charge in [0.15, 0.2) is 0 Å². The summed E-state index contributed by atoms with van der Waals surface area (Å²) in [6.07, 6.45) is 0. The van der Waals surface area contributed by atoms with E-state index in [4.69, 9.17) is 0 Å². The molecule has 1 saturated heterocycles. The van der Waals surface area contributed by atoms with Crippen LogP contribution in [0, 0.1) is 13.8 Å². The Bertz CT molecular complexity index is 647. The zero-order chi connectivity index (χ0) is 14.8. The standard InChI is InChI=1S/C15H18N4OS/c1-11-4-3-5-13(10-11)18-6-8-19(9-7-18)15(20)14-16-12(2)17-21-14/h3-5,10H,6-9H2,1-2H3. The lowest BCUT2D eigenvalue weighted by atomic mass is 10.2. The van der Waals surface area contributed by atoms with Crippen LogP contribution in [-0.4, -0.2) is 46.3 Å². The van der Waals surface area contributed by atoms with Crippen LogP contribution >= 0.6 is 11.5 Å². The Kier molecular flexibility index (Phi) is 3.88. The van der Waals surface area contributed by atoms with Gasteiger partial charge < -0.3 is 9.80 Å². The summed E-state index contributed by atoms with van der Waals surface area (Å²) in [6, 6.07) is 8.48. The van der Waals surface area contributed by atoms with Crippen LogP contribution in [0.15, 0.2) is 24.3 Å². The molecule has 0 saturated carbocycles. The van der Waals surface area contributed by atoms with Crippen LogP contribution in [-0.2, 0) is 0 Å². The molecule has 0 N–H and O–H groups in total. The number of nitrogens with zero attached hydrogens (tertiary/aromatic N) is 4. The molecule has 0 atom stereocenters. The minimum Gasteiger partial charge on any atom is -0.368 e. The summed E-state index contributed by atoms with van der Waals surface area (Å²) in [6.45, 7) is 7.07. The summed E-state index contributed by atoms with van der Waals surface area (Å²) in [4.78, 5) is 20.7.